The number of nitrogens with zero attached hydrogens (tertiary/aromatic N) is 2. The number of nitrogens with one attached hydrogen (secondary N) is 1. The molecule has 1 N–H and O–H groups in total. The van der Waals surface area contributed by atoms with E-state index in [1.165, 1.54) is 0 Å². The van der Waals surface area contributed by atoms with Crippen LogP contribution in [0.3, 0.4) is 0 Å². The van der Waals surface area contributed by atoms with Gasteiger partial charge in [-0.25, -0.2) is 12.7 Å². The van der Waals surface area contributed by atoms with E-state index in [1.807, 2.05) is 4.90 Å². The predicted octanol–water partition coefficient (Wildman–Crippen LogP) is 1.18. The van der Waals surface area contributed by atoms with Gasteiger partial charge in [0.2, 0.25) is 15.9 Å². The molecule has 2 unspecified atom stereocenters. The molecule has 142 valence electrons. The third-order valence-corrected chi connectivity index (χ3v) is 9.17. The third kappa shape index (κ3) is 3.35. The van der Waals surface area contributed by atoms with Crippen molar-refractivity contribution >= 4 is 15.9 Å². The Morgan fingerprint density at radius 2 is 1.84 bits per heavy atom. The molecule has 1 spiro atoms. The SMILES string of the molecule is O=C(C1CCCC1)N1CCCC(S(=O)(=O)N2CCC3(CCNC3)C2)C1. The number of rotatable bonds is 3. The smallest absolute Gasteiger partial charge is 0.225 e. The second-order valence-corrected chi connectivity index (χ2v) is 10.8. The highest BCUT2D eigenvalue weighted by Crippen LogP contribution is 2.38. The van der Waals surface area contributed by atoms with Crippen molar-refractivity contribution < 1.29 is 13.2 Å². The van der Waals surface area contributed by atoms with Crippen molar-refractivity contribution in [1.82, 2.24) is 14.5 Å². The Kier molecular flexibility index (Phi) is 4.84. The first kappa shape index (κ1) is 17.7. The second-order valence-electron chi connectivity index (χ2n) is 8.59. The van der Waals surface area contributed by atoms with E-state index in [1.54, 1.807) is 4.31 Å². The molecule has 2 atom stereocenters. The van der Waals surface area contributed by atoms with Crippen LogP contribution in [0.15, 0.2) is 0 Å². The van der Waals surface area contributed by atoms with Crippen molar-refractivity contribution in [1.29, 1.82) is 0 Å². The quantitative estimate of drug-likeness (QED) is 0.811. The molecule has 3 heterocycles. The number of carbonyl (C=O) groups excluding carboxylic acids is 1. The molecular formula is C18H31N3O3S. The van der Waals surface area contributed by atoms with Crippen molar-refractivity contribution in [3.63, 3.8) is 0 Å². The van der Waals surface area contributed by atoms with Gasteiger partial charge in [-0.15, -0.1) is 0 Å². The highest BCUT2D eigenvalue weighted by atomic mass is 32.2. The molecule has 4 rings (SSSR count). The summed E-state index contributed by atoms with van der Waals surface area (Å²) in [4.78, 5) is 14.6. The van der Waals surface area contributed by atoms with Crippen LogP contribution in [-0.4, -0.2) is 68.0 Å². The van der Waals surface area contributed by atoms with Gasteiger partial charge >= 0.3 is 0 Å². The van der Waals surface area contributed by atoms with Gasteiger partial charge < -0.3 is 10.2 Å². The van der Waals surface area contributed by atoms with Crippen LogP contribution in [0.1, 0.15) is 51.4 Å². The van der Waals surface area contributed by atoms with Gasteiger partial charge in [0.1, 0.15) is 0 Å². The minimum atomic E-state index is -3.30. The predicted molar refractivity (Wildman–Crippen MR) is 96.6 cm³/mol. The minimum Gasteiger partial charge on any atom is -0.341 e. The third-order valence-electron chi connectivity index (χ3n) is 6.91. The Balaban J connectivity index is 1.42. The molecule has 6 nitrogen and oxygen atoms in total. The summed E-state index contributed by atoms with van der Waals surface area (Å²) < 4.78 is 28.1. The van der Waals surface area contributed by atoms with E-state index in [-0.39, 0.29) is 17.2 Å². The van der Waals surface area contributed by atoms with Crippen LogP contribution in [0, 0.1) is 11.3 Å². The van der Waals surface area contributed by atoms with Crippen LogP contribution < -0.4 is 5.32 Å². The molecule has 3 saturated heterocycles. The molecule has 1 aliphatic carbocycles. The zero-order valence-electron chi connectivity index (χ0n) is 15.1. The molecule has 0 aromatic heterocycles. The number of sulfonamides is 1. The summed E-state index contributed by atoms with van der Waals surface area (Å²) in [5.74, 6) is 0.344. The zero-order chi connectivity index (χ0) is 17.5. The molecule has 4 aliphatic rings. The van der Waals surface area contributed by atoms with Gasteiger partial charge in [0.25, 0.3) is 0 Å². The van der Waals surface area contributed by atoms with Gasteiger partial charge in [0.05, 0.1) is 5.25 Å². The molecular weight excluding hydrogens is 338 g/mol. The van der Waals surface area contributed by atoms with Crippen molar-refractivity contribution in [2.45, 2.75) is 56.6 Å². The van der Waals surface area contributed by atoms with Crippen LogP contribution in [0.25, 0.3) is 0 Å². The topological polar surface area (TPSA) is 69.7 Å². The Labute approximate surface area is 151 Å². The van der Waals surface area contributed by atoms with E-state index >= 15 is 0 Å². The van der Waals surface area contributed by atoms with Crippen molar-refractivity contribution in [2.75, 3.05) is 39.3 Å². The van der Waals surface area contributed by atoms with Gasteiger partial charge in [-0.3, -0.25) is 4.79 Å². The fraction of sp³-hybridized carbons (Fsp3) is 0.944. The van der Waals surface area contributed by atoms with E-state index in [0.29, 0.717) is 26.1 Å². The maximum absolute atomic E-state index is 13.2. The molecule has 1 saturated carbocycles. The summed E-state index contributed by atoms with van der Waals surface area (Å²) >= 11 is 0. The van der Waals surface area contributed by atoms with Gasteiger partial charge in [-0.05, 0) is 50.5 Å². The Morgan fingerprint density at radius 3 is 2.56 bits per heavy atom. The summed E-state index contributed by atoms with van der Waals surface area (Å²) in [6.45, 7) is 4.39. The number of hydrogen-bond donors (Lipinski definition) is 1. The highest BCUT2D eigenvalue weighted by molar-refractivity contribution is 7.89. The largest absolute Gasteiger partial charge is 0.341 e. The minimum absolute atomic E-state index is 0.140. The van der Waals surface area contributed by atoms with Crippen molar-refractivity contribution in [3.8, 4) is 0 Å². The van der Waals surface area contributed by atoms with E-state index in [4.69, 9.17) is 0 Å². The zero-order valence-corrected chi connectivity index (χ0v) is 15.9. The lowest BCUT2D eigenvalue weighted by Crippen LogP contribution is -2.50. The number of amides is 1. The molecule has 3 aliphatic heterocycles. The Morgan fingerprint density at radius 1 is 1.04 bits per heavy atom. The molecule has 0 bridgehead atoms. The summed E-state index contributed by atoms with van der Waals surface area (Å²) in [6.07, 6.45) is 7.78. The van der Waals surface area contributed by atoms with Crippen molar-refractivity contribution in [2.24, 2.45) is 11.3 Å². The summed E-state index contributed by atoms with van der Waals surface area (Å²) in [5, 5.41) is 2.98. The fourth-order valence-electron chi connectivity index (χ4n) is 5.28. The van der Waals surface area contributed by atoms with E-state index in [9.17, 15) is 13.2 Å². The van der Waals surface area contributed by atoms with Crippen LogP contribution in [-0.2, 0) is 14.8 Å². The highest BCUT2D eigenvalue weighted by Gasteiger charge is 2.47. The summed E-state index contributed by atoms with van der Waals surface area (Å²) in [6, 6.07) is 0. The van der Waals surface area contributed by atoms with E-state index < -0.39 is 15.3 Å². The maximum Gasteiger partial charge on any atom is 0.225 e. The van der Waals surface area contributed by atoms with Gasteiger partial charge in [-0.2, -0.15) is 0 Å². The van der Waals surface area contributed by atoms with E-state index in [0.717, 1.165) is 64.6 Å². The van der Waals surface area contributed by atoms with Crippen LogP contribution in [0.4, 0.5) is 0 Å². The molecule has 0 radical (unpaired) electrons. The normalized spacial score (nSPS) is 35.0. The molecule has 1 amide bonds. The van der Waals surface area contributed by atoms with Crippen LogP contribution in [0.5, 0.6) is 0 Å². The fourth-order valence-corrected chi connectivity index (χ4v) is 7.33. The monoisotopic (exact) mass is 369 g/mol. The van der Waals surface area contributed by atoms with Gasteiger partial charge in [-0.1, -0.05) is 12.8 Å². The standard InChI is InChI=1S/C18H31N3O3S/c22-17(15-4-1-2-5-15)20-10-3-6-16(12-20)25(23,24)21-11-8-18(14-21)7-9-19-13-18/h15-16,19H,1-14H2. The summed E-state index contributed by atoms with van der Waals surface area (Å²) in [5.41, 5.74) is 0.154. The number of likely N-dealkylation sites (tertiary alicyclic amines) is 1. The Hall–Kier alpha value is -0.660. The first-order valence-electron chi connectivity index (χ1n) is 9.99. The van der Waals surface area contributed by atoms with Crippen LogP contribution >= 0.6 is 0 Å². The maximum atomic E-state index is 13.2. The molecule has 25 heavy (non-hydrogen) atoms. The van der Waals surface area contributed by atoms with E-state index in [2.05, 4.69) is 5.32 Å². The lowest BCUT2D eigenvalue weighted by molar-refractivity contribution is -0.136. The summed E-state index contributed by atoms with van der Waals surface area (Å²) in [7, 11) is -3.30. The van der Waals surface area contributed by atoms with Gasteiger partial charge in [0, 0.05) is 38.6 Å². The average Bonchev–Trinajstić information content (AvgIpc) is 3.38. The Bertz CT molecular complexity index is 609. The second kappa shape index (κ2) is 6.82. The number of carbonyl (C=O) groups is 1. The number of hydrogen-bond acceptors (Lipinski definition) is 4. The van der Waals surface area contributed by atoms with Crippen molar-refractivity contribution in [3.05, 3.63) is 0 Å². The molecule has 7 heteroatoms. The lowest BCUT2D eigenvalue weighted by atomic mass is 9.87. The lowest BCUT2D eigenvalue weighted by Gasteiger charge is -2.36. The average molecular weight is 370 g/mol. The van der Waals surface area contributed by atoms with Crippen LogP contribution in [0.2, 0.25) is 0 Å². The molecule has 0 aromatic carbocycles. The van der Waals surface area contributed by atoms with Gasteiger partial charge in [0.15, 0.2) is 0 Å². The first-order valence-corrected chi connectivity index (χ1v) is 11.5. The molecule has 4 fully saturated rings. The first-order chi connectivity index (χ1) is 12.0. The number of piperidine rings is 1. The molecule has 0 aromatic rings.